The normalized spacial score (nSPS) is 17.1. The van der Waals surface area contributed by atoms with Gasteiger partial charge in [-0.1, -0.05) is 6.42 Å². The molecule has 2 aromatic rings. The molecule has 0 aromatic carbocycles. The van der Waals surface area contributed by atoms with E-state index < -0.39 is 11.4 Å². The second-order valence-electron chi connectivity index (χ2n) is 5.05. The maximum absolute atomic E-state index is 11.4. The lowest BCUT2D eigenvalue weighted by atomic mass is 9.69. The largest absolute Gasteiger partial charge is 0.481 e. The molecule has 1 aliphatic rings. The van der Waals surface area contributed by atoms with Crippen molar-refractivity contribution >= 4 is 5.97 Å². The van der Waals surface area contributed by atoms with Crippen molar-refractivity contribution in [3.63, 3.8) is 0 Å². The highest BCUT2D eigenvalue weighted by Crippen LogP contribution is 2.43. The lowest BCUT2D eigenvalue weighted by Gasteiger charge is -2.37. The van der Waals surface area contributed by atoms with E-state index in [4.69, 9.17) is 4.42 Å². The van der Waals surface area contributed by atoms with Crippen LogP contribution in [0.4, 0.5) is 0 Å². The van der Waals surface area contributed by atoms with Gasteiger partial charge >= 0.3 is 5.97 Å². The van der Waals surface area contributed by atoms with Crippen LogP contribution >= 0.6 is 0 Å². The number of hydrogen-bond donors (Lipinski definition) is 1. The van der Waals surface area contributed by atoms with Crippen molar-refractivity contribution in [2.75, 3.05) is 0 Å². The summed E-state index contributed by atoms with van der Waals surface area (Å²) in [6, 6.07) is 1.83. The van der Waals surface area contributed by atoms with Gasteiger partial charge < -0.3 is 9.52 Å². The molecule has 1 fully saturated rings. The molecular formula is C12H14N4O3. The van der Waals surface area contributed by atoms with Crippen LogP contribution in [0.2, 0.25) is 0 Å². The average Bonchev–Trinajstić information content (AvgIpc) is 2.91. The predicted octanol–water partition coefficient (Wildman–Crippen LogP) is 1.50. The van der Waals surface area contributed by atoms with E-state index in [0.717, 1.165) is 17.7 Å². The second-order valence-corrected chi connectivity index (χ2v) is 5.05. The summed E-state index contributed by atoms with van der Waals surface area (Å²) in [4.78, 5) is 11.4. The first-order chi connectivity index (χ1) is 9.11. The van der Waals surface area contributed by atoms with Gasteiger partial charge in [0.15, 0.2) is 5.82 Å². The quantitative estimate of drug-likeness (QED) is 0.897. The first kappa shape index (κ1) is 11.9. The first-order valence-corrected chi connectivity index (χ1v) is 6.16. The molecule has 1 aliphatic carbocycles. The first-order valence-electron chi connectivity index (χ1n) is 6.16. The number of carbonyl (C=O) groups is 1. The van der Waals surface area contributed by atoms with E-state index in [-0.39, 0.29) is 0 Å². The van der Waals surface area contributed by atoms with Gasteiger partial charge in [-0.3, -0.25) is 4.79 Å². The Morgan fingerprint density at radius 3 is 2.89 bits per heavy atom. The molecule has 0 atom stereocenters. The number of furan rings is 1. The van der Waals surface area contributed by atoms with Crippen LogP contribution in [-0.2, 0) is 11.3 Å². The molecule has 7 heteroatoms. The molecule has 2 heterocycles. The zero-order valence-corrected chi connectivity index (χ0v) is 10.5. The molecular weight excluding hydrogens is 248 g/mol. The Morgan fingerprint density at radius 2 is 2.37 bits per heavy atom. The standard InChI is InChI=1S/C12H14N4O3/c1-8-5-9(6-19-8)10-13-14-15-16(10)7-12(11(17)18)3-2-4-12/h5-6H,2-4,7H2,1H3,(H,17,18). The fourth-order valence-electron chi connectivity index (χ4n) is 2.41. The van der Waals surface area contributed by atoms with Crippen molar-refractivity contribution in [2.24, 2.45) is 5.41 Å². The smallest absolute Gasteiger partial charge is 0.311 e. The molecule has 0 spiro atoms. The molecule has 0 radical (unpaired) electrons. The monoisotopic (exact) mass is 262 g/mol. The summed E-state index contributed by atoms with van der Waals surface area (Å²) < 4.78 is 6.79. The molecule has 19 heavy (non-hydrogen) atoms. The third-order valence-corrected chi connectivity index (χ3v) is 3.74. The SMILES string of the molecule is Cc1cc(-c2nnnn2CC2(C(=O)O)CCC2)co1. The van der Waals surface area contributed by atoms with Crippen LogP contribution in [0.3, 0.4) is 0 Å². The van der Waals surface area contributed by atoms with E-state index in [1.165, 1.54) is 0 Å². The lowest BCUT2D eigenvalue weighted by Crippen LogP contribution is -2.42. The number of aryl methyl sites for hydroxylation is 1. The number of tetrazole rings is 1. The Hall–Kier alpha value is -2.18. The maximum Gasteiger partial charge on any atom is 0.311 e. The number of aliphatic carboxylic acids is 1. The van der Waals surface area contributed by atoms with Gasteiger partial charge in [-0.05, 0) is 36.3 Å². The molecule has 0 bridgehead atoms. The van der Waals surface area contributed by atoms with E-state index in [0.29, 0.717) is 25.2 Å². The van der Waals surface area contributed by atoms with Crippen LogP contribution in [0, 0.1) is 12.3 Å². The van der Waals surface area contributed by atoms with E-state index in [1.807, 2.05) is 13.0 Å². The van der Waals surface area contributed by atoms with E-state index in [2.05, 4.69) is 15.5 Å². The fraction of sp³-hybridized carbons (Fsp3) is 0.500. The van der Waals surface area contributed by atoms with Gasteiger partial charge in [0, 0.05) is 0 Å². The molecule has 0 aliphatic heterocycles. The second kappa shape index (κ2) is 4.18. The molecule has 3 rings (SSSR count). The van der Waals surface area contributed by atoms with Crippen molar-refractivity contribution < 1.29 is 14.3 Å². The van der Waals surface area contributed by atoms with Crippen LogP contribution in [0.25, 0.3) is 11.4 Å². The highest BCUT2D eigenvalue weighted by Gasteiger charge is 2.45. The minimum absolute atomic E-state index is 0.300. The molecule has 0 saturated heterocycles. The summed E-state index contributed by atoms with van der Waals surface area (Å²) in [6.07, 6.45) is 3.86. The minimum Gasteiger partial charge on any atom is -0.481 e. The molecule has 0 amide bonds. The van der Waals surface area contributed by atoms with E-state index in [1.54, 1.807) is 10.9 Å². The number of nitrogens with zero attached hydrogens (tertiary/aromatic N) is 4. The van der Waals surface area contributed by atoms with Crippen LogP contribution in [0.15, 0.2) is 16.7 Å². The zero-order chi connectivity index (χ0) is 13.5. The molecule has 100 valence electrons. The summed E-state index contributed by atoms with van der Waals surface area (Å²) in [5, 5.41) is 20.8. The number of carboxylic acids is 1. The van der Waals surface area contributed by atoms with Crippen molar-refractivity contribution in [1.82, 2.24) is 20.2 Å². The summed E-state index contributed by atoms with van der Waals surface area (Å²) in [7, 11) is 0. The average molecular weight is 262 g/mol. The third-order valence-electron chi connectivity index (χ3n) is 3.74. The number of rotatable bonds is 4. The van der Waals surface area contributed by atoms with Gasteiger partial charge in [-0.15, -0.1) is 5.10 Å². The summed E-state index contributed by atoms with van der Waals surface area (Å²) in [6.45, 7) is 2.14. The fourth-order valence-corrected chi connectivity index (χ4v) is 2.41. The Kier molecular flexibility index (Phi) is 2.62. The maximum atomic E-state index is 11.4. The van der Waals surface area contributed by atoms with E-state index >= 15 is 0 Å². The lowest BCUT2D eigenvalue weighted by molar-refractivity contribution is -0.156. The Labute approximate surface area is 109 Å². The summed E-state index contributed by atoms with van der Waals surface area (Å²) in [5.41, 5.74) is 0.0467. The molecule has 0 unspecified atom stereocenters. The van der Waals surface area contributed by atoms with Crippen molar-refractivity contribution in [3.05, 3.63) is 18.1 Å². The van der Waals surface area contributed by atoms with E-state index in [9.17, 15) is 9.90 Å². The highest BCUT2D eigenvalue weighted by molar-refractivity contribution is 5.75. The van der Waals surface area contributed by atoms with Crippen LogP contribution in [0.1, 0.15) is 25.0 Å². The van der Waals surface area contributed by atoms with Crippen LogP contribution < -0.4 is 0 Å². The molecule has 1 N–H and O–H groups in total. The highest BCUT2D eigenvalue weighted by atomic mass is 16.4. The third kappa shape index (κ3) is 1.91. The minimum atomic E-state index is -0.774. The van der Waals surface area contributed by atoms with Gasteiger partial charge in [0.2, 0.25) is 0 Å². The predicted molar refractivity (Wildman–Crippen MR) is 64.2 cm³/mol. The van der Waals surface area contributed by atoms with Crippen molar-refractivity contribution in [3.8, 4) is 11.4 Å². The van der Waals surface area contributed by atoms with Gasteiger partial charge in [0.1, 0.15) is 12.0 Å². The number of hydrogen-bond acceptors (Lipinski definition) is 5. The van der Waals surface area contributed by atoms with Crippen molar-refractivity contribution in [1.29, 1.82) is 0 Å². The summed E-state index contributed by atoms with van der Waals surface area (Å²) >= 11 is 0. The van der Waals surface area contributed by atoms with Gasteiger partial charge in [0.25, 0.3) is 0 Å². The Bertz CT molecular complexity index is 612. The number of carboxylic acid groups (broad SMARTS) is 1. The van der Waals surface area contributed by atoms with Crippen LogP contribution in [-0.4, -0.2) is 31.3 Å². The topological polar surface area (TPSA) is 94.0 Å². The molecule has 7 nitrogen and oxygen atoms in total. The molecule has 2 aromatic heterocycles. The van der Waals surface area contributed by atoms with Gasteiger partial charge in [0.05, 0.1) is 17.5 Å². The number of aromatic nitrogens is 4. The van der Waals surface area contributed by atoms with Crippen molar-refractivity contribution in [2.45, 2.75) is 32.7 Å². The van der Waals surface area contributed by atoms with Gasteiger partial charge in [-0.2, -0.15) is 0 Å². The van der Waals surface area contributed by atoms with Crippen LogP contribution in [0.5, 0.6) is 0 Å². The summed E-state index contributed by atoms with van der Waals surface area (Å²) in [5.74, 6) is 0.536. The zero-order valence-electron chi connectivity index (χ0n) is 10.5. The molecule has 1 saturated carbocycles. The Balaban J connectivity index is 1.90. The van der Waals surface area contributed by atoms with Gasteiger partial charge in [-0.25, -0.2) is 4.68 Å². The Morgan fingerprint density at radius 1 is 1.58 bits per heavy atom.